The number of anilines is 1. The fourth-order valence-electron chi connectivity index (χ4n) is 2.81. The zero-order valence-corrected chi connectivity index (χ0v) is 17.5. The Labute approximate surface area is 170 Å². The predicted octanol–water partition coefficient (Wildman–Crippen LogP) is 3.62. The van der Waals surface area contributed by atoms with Crippen molar-refractivity contribution in [3.05, 3.63) is 54.6 Å². The van der Waals surface area contributed by atoms with Crippen molar-refractivity contribution in [2.45, 2.75) is 34.8 Å². The predicted molar refractivity (Wildman–Crippen MR) is 113 cm³/mol. The molecule has 0 aliphatic carbocycles. The summed E-state index contributed by atoms with van der Waals surface area (Å²) in [6.45, 7) is 2.65. The second-order valence-electron chi connectivity index (χ2n) is 6.59. The molecule has 1 heterocycles. The Balaban J connectivity index is 1.64. The minimum atomic E-state index is -3.75. The van der Waals surface area contributed by atoms with Crippen molar-refractivity contribution in [3.63, 3.8) is 0 Å². The molecule has 0 aromatic heterocycles. The zero-order chi connectivity index (χ0) is 20.1. The van der Waals surface area contributed by atoms with Crippen LogP contribution in [-0.4, -0.2) is 43.9 Å². The Bertz CT molecular complexity index is 958. The van der Waals surface area contributed by atoms with Gasteiger partial charge in [-0.05, 0) is 49.7 Å². The molecule has 0 saturated carbocycles. The number of carbonyl (C=O) groups is 1. The molecule has 28 heavy (non-hydrogen) atoms. The zero-order valence-electron chi connectivity index (χ0n) is 15.8. The maximum absolute atomic E-state index is 12.5. The number of amidine groups is 1. The summed E-state index contributed by atoms with van der Waals surface area (Å²) >= 11 is 1.47. The molecule has 148 valence electrons. The molecule has 2 aromatic rings. The number of hydrogen-bond acceptors (Lipinski definition) is 4. The number of nitrogens with one attached hydrogen (secondary N) is 1. The van der Waals surface area contributed by atoms with Crippen LogP contribution in [0.5, 0.6) is 0 Å². The highest BCUT2D eigenvalue weighted by atomic mass is 32.2. The Morgan fingerprint density at radius 3 is 2.43 bits per heavy atom. The van der Waals surface area contributed by atoms with Crippen LogP contribution in [0.1, 0.15) is 19.8 Å². The first-order valence-electron chi connectivity index (χ1n) is 9.03. The van der Waals surface area contributed by atoms with Gasteiger partial charge in [-0.3, -0.25) is 4.79 Å². The molecule has 2 aromatic carbocycles. The average Bonchev–Trinajstić information content (AvgIpc) is 3.07. The quantitative estimate of drug-likeness (QED) is 0.726. The van der Waals surface area contributed by atoms with Gasteiger partial charge in [0, 0.05) is 30.6 Å². The molecule has 1 aliphatic rings. The van der Waals surface area contributed by atoms with E-state index in [1.165, 1.54) is 23.9 Å². The Hall–Kier alpha value is -2.32. The van der Waals surface area contributed by atoms with E-state index >= 15 is 0 Å². The maximum Gasteiger partial charge on any atom is 0.283 e. The Morgan fingerprint density at radius 1 is 1.14 bits per heavy atom. The smallest absolute Gasteiger partial charge is 0.283 e. The van der Waals surface area contributed by atoms with Gasteiger partial charge in [-0.15, -0.1) is 16.2 Å². The second kappa shape index (κ2) is 8.79. The van der Waals surface area contributed by atoms with Gasteiger partial charge in [0.05, 0.1) is 10.1 Å². The first kappa shape index (κ1) is 20.4. The molecule has 0 spiro atoms. The summed E-state index contributed by atoms with van der Waals surface area (Å²) in [7, 11) is -1.91. The fourth-order valence-corrected chi connectivity index (χ4v) is 4.79. The molecule has 1 fully saturated rings. The van der Waals surface area contributed by atoms with E-state index in [9.17, 15) is 13.2 Å². The highest BCUT2D eigenvalue weighted by molar-refractivity contribution is 8.00. The van der Waals surface area contributed by atoms with Gasteiger partial charge in [0.1, 0.15) is 5.84 Å². The number of rotatable bonds is 6. The molecule has 3 rings (SSSR count). The SMILES string of the molecule is C[C@H](Sc1ccccc1)C(=O)Nc1ccc(S(=O)(=O)N=C2CCCN2C)cc1. The van der Waals surface area contributed by atoms with E-state index in [0.717, 1.165) is 17.9 Å². The van der Waals surface area contributed by atoms with E-state index in [2.05, 4.69) is 9.71 Å². The van der Waals surface area contributed by atoms with Crippen LogP contribution < -0.4 is 5.32 Å². The number of likely N-dealkylation sites (tertiary alicyclic amines) is 1. The highest BCUT2D eigenvalue weighted by Gasteiger charge is 2.20. The average molecular weight is 418 g/mol. The monoisotopic (exact) mass is 417 g/mol. The van der Waals surface area contributed by atoms with Crippen molar-refractivity contribution in [1.82, 2.24) is 4.90 Å². The molecule has 0 bridgehead atoms. The number of hydrogen-bond donors (Lipinski definition) is 1. The van der Waals surface area contributed by atoms with Gasteiger partial charge in [0.25, 0.3) is 10.0 Å². The molecule has 6 nitrogen and oxygen atoms in total. The van der Waals surface area contributed by atoms with Crippen molar-refractivity contribution in [3.8, 4) is 0 Å². The van der Waals surface area contributed by atoms with Gasteiger partial charge in [-0.2, -0.15) is 8.42 Å². The van der Waals surface area contributed by atoms with Crippen LogP contribution in [-0.2, 0) is 14.8 Å². The lowest BCUT2D eigenvalue weighted by molar-refractivity contribution is -0.115. The standard InChI is InChI=1S/C20H23N3O3S2/c1-15(27-17-7-4-3-5-8-17)20(24)21-16-10-12-18(13-11-16)28(25,26)22-19-9-6-14-23(19)2/h3-5,7-8,10-13,15H,6,9,14H2,1-2H3,(H,21,24)/t15-/m0/s1. The number of amides is 1. The van der Waals surface area contributed by atoms with Crippen LogP contribution in [0.4, 0.5) is 5.69 Å². The fraction of sp³-hybridized carbons (Fsp3) is 0.300. The summed E-state index contributed by atoms with van der Waals surface area (Å²) in [6.07, 6.45) is 1.58. The third-order valence-corrected chi connectivity index (χ3v) is 6.84. The van der Waals surface area contributed by atoms with Crippen LogP contribution in [0.15, 0.2) is 68.8 Å². The molecule has 0 radical (unpaired) electrons. The topological polar surface area (TPSA) is 78.8 Å². The molecule has 0 unspecified atom stereocenters. The maximum atomic E-state index is 12.5. The molecule has 1 saturated heterocycles. The number of carbonyl (C=O) groups excluding carboxylic acids is 1. The van der Waals surface area contributed by atoms with E-state index < -0.39 is 10.0 Å². The summed E-state index contributed by atoms with van der Waals surface area (Å²) in [5.74, 6) is 0.446. The number of thioether (sulfide) groups is 1. The minimum Gasteiger partial charge on any atom is -0.362 e. The highest BCUT2D eigenvalue weighted by Crippen LogP contribution is 2.24. The van der Waals surface area contributed by atoms with E-state index in [0.29, 0.717) is 17.9 Å². The van der Waals surface area contributed by atoms with Gasteiger partial charge in [-0.25, -0.2) is 0 Å². The van der Waals surface area contributed by atoms with Crippen LogP contribution in [0.3, 0.4) is 0 Å². The first-order valence-corrected chi connectivity index (χ1v) is 11.3. The molecule has 1 atom stereocenters. The normalized spacial score (nSPS) is 16.9. The number of sulfonamides is 1. The molecule has 8 heteroatoms. The third-order valence-electron chi connectivity index (χ3n) is 4.41. The molecular weight excluding hydrogens is 394 g/mol. The van der Waals surface area contributed by atoms with Gasteiger partial charge in [0.2, 0.25) is 5.91 Å². The Morgan fingerprint density at radius 2 is 1.82 bits per heavy atom. The van der Waals surface area contributed by atoms with Gasteiger partial charge in [-0.1, -0.05) is 18.2 Å². The van der Waals surface area contributed by atoms with Gasteiger partial charge < -0.3 is 10.2 Å². The van der Waals surface area contributed by atoms with E-state index in [4.69, 9.17) is 0 Å². The lowest BCUT2D eigenvalue weighted by Crippen LogP contribution is -2.22. The number of nitrogens with zero attached hydrogens (tertiary/aromatic N) is 2. The van der Waals surface area contributed by atoms with Crippen molar-refractivity contribution in [2.24, 2.45) is 4.40 Å². The van der Waals surface area contributed by atoms with E-state index in [-0.39, 0.29) is 16.1 Å². The lowest BCUT2D eigenvalue weighted by atomic mass is 10.3. The Kier molecular flexibility index (Phi) is 6.41. The van der Waals surface area contributed by atoms with Crippen LogP contribution in [0.25, 0.3) is 0 Å². The molecule has 1 aliphatic heterocycles. The van der Waals surface area contributed by atoms with Gasteiger partial charge >= 0.3 is 0 Å². The van der Waals surface area contributed by atoms with Crippen LogP contribution in [0, 0.1) is 0 Å². The molecule has 1 N–H and O–H groups in total. The van der Waals surface area contributed by atoms with Crippen LogP contribution in [0.2, 0.25) is 0 Å². The second-order valence-corrected chi connectivity index (χ2v) is 9.61. The van der Waals surface area contributed by atoms with E-state index in [1.54, 1.807) is 12.1 Å². The summed E-state index contributed by atoms with van der Waals surface area (Å²) in [6, 6.07) is 15.8. The van der Waals surface area contributed by atoms with E-state index in [1.807, 2.05) is 49.2 Å². The third kappa shape index (κ3) is 5.14. The summed E-state index contributed by atoms with van der Waals surface area (Å²) in [5, 5.41) is 2.54. The summed E-state index contributed by atoms with van der Waals surface area (Å²) in [5.41, 5.74) is 0.551. The molecule has 1 amide bonds. The minimum absolute atomic E-state index is 0.116. The van der Waals surface area contributed by atoms with Gasteiger partial charge in [0.15, 0.2) is 0 Å². The summed E-state index contributed by atoms with van der Waals surface area (Å²) in [4.78, 5) is 15.4. The van der Waals surface area contributed by atoms with Crippen molar-refractivity contribution in [2.75, 3.05) is 18.9 Å². The lowest BCUT2D eigenvalue weighted by Gasteiger charge is -2.13. The first-order chi connectivity index (χ1) is 13.3. The molecular formula is C20H23N3O3S2. The summed E-state index contributed by atoms with van der Waals surface area (Å²) < 4.78 is 28.9. The van der Waals surface area contributed by atoms with Crippen LogP contribution >= 0.6 is 11.8 Å². The van der Waals surface area contributed by atoms with Crippen molar-refractivity contribution >= 4 is 39.2 Å². The van der Waals surface area contributed by atoms with Crippen molar-refractivity contribution < 1.29 is 13.2 Å². The largest absolute Gasteiger partial charge is 0.362 e. The van der Waals surface area contributed by atoms with Crippen molar-refractivity contribution in [1.29, 1.82) is 0 Å². The number of benzene rings is 2.